The molecule has 0 saturated carbocycles. The zero-order valence-electron chi connectivity index (χ0n) is 47.3. The van der Waals surface area contributed by atoms with Crippen LogP contribution in [0.1, 0.15) is 264 Å². The molecule has 0 radical (unpaired) electrons. The van der Waals surface area contributed by atoms with E-state index in [1.165, 1.54) is 154 Å². The third-order valence-electron chi connectivity index (χ3n) is 14.1. The van der Waals surface area contributed by atoms with Gasteiger partial charge in [0.25, 0.3) is 0 Å². The summed E-state index contributed by atoms with van der Waals surface area (Å²) >= 11 is 0. The average Bonchev–Trinajstić information content (AvgIpc) is 3.40. The fourth-order valence-corrected chi connectivity index (χ4v) is 9.25. The second kappa shape index (κ2) is 52.4. The summed E-state index contributed by atoms with van der Waals surface area (Å²) in [4.78, 5) is 25.0. The van der Waals surface area contributed by atoms with Gasteiger partial charge in [-0.1, -0.05) is 235 Å². The van der Waals surface area contributed by atoms with Crippen molar-refractivity contribution >= 4 is 11.9 Å². The predicted octanol–water partition coefficient (Wildman–Crippen LogP) is 14.2. The summed E-state index contributed by atoms with van der Waals surface area (Å²) in [6, 6.07) is -0.815. The van der Waals surface area contributed by atoms with Gasteiger partial charge in [0.1, 0.15) is 24.4 Å². The van der Waals surface area contributed by atoms with E-state index in [1.54, 1.807) is 6.08 Å². The van der Waals surface area contributed by atoms with E-state index in [-0.39, 0.29) is 18.5 Å². The molecule has 0 aliphatic carbocycles. The molecule has 11 nitrogen and oxygen atoms in total. The van der Waals surface area contributed by atoms with Crippen molar-refractivity contribution in [1.29, 1.82) is 0 Å². The highest BCUT2D eigenvalue weighted by Crippen LogP contribution is 2.23. The largest absolute Gasteiger partial charge is 0.465 e. The van der Waals surface area contributed by atoms with Crippen LogP contribution in [0, 0.1) is 0 Å². The summed E-state index contributed by atoms with van der Waals surface area (Å²) in [7, 11) is 0. The van der Waals surface area contributed by atoms with Crippen molar-refractivity contribution in [2.75, 3.05) is 19.8 Å². The van der Waals surface area contributed by atoms with Crippen molar-refractivity contribution < 1.29 is 49.3 Å². The zero-order chi connectivity index (χ0) is 53.8. The molecule has 1 aliphatic heterocycles. The minimum absolute atomic E-state index is 0.0644. The Hall–Kier alpha value is -2.64. The summed E-state index contributed by atoms with van der Waals surface area (Å²) in [5.74, 6) is -0.252. The molecule has 0 aromatic rings. The molecule has 0 spiro atoms. The average molecular weight is 1040 g/mol. The fourth-order valence-electron chi connectivity index (χ4n) is 9.25. The number of aliphatic hydroxyl groups is 5. The van der Waals surface area contributed by atoms with Crippen molar-refractivity contribution in [2.24, 2.45) is 0 Å². The fraction of sp³-hybridized carbons (Fsp3) is 0.810. The minimum atomic E-state index is -1.57. The Morgan fingerprint density at radius 3 is 1.42 bits per heavy atom. The number of amides is 1. The normalized spacial score (nSPS) is 19.3. The third-order valence-corrected chi connectivity index (χ3v) is 14.1. The van der Waals surface area contributed by atoms with Crippen LogP contribution in [-0.2, 0) is 23.8 Å². The highest BCUT2D eigenvalue weighted by Gasteiger charge is 2.44. The first-order chi connectivity index (χ1) is 36.2. The van der Waals surface area contributed by atoms with Gasteiger partial charge in [-0.3, -0.25) is 9.59 Å². The first-order valence-corrected chi connectivity index (χ1v) is 30.6. The van der Waals surface area contributed by atoms with Crippen LogP contribution in [0.25, 0.3) is 0 Å². The number of allylic oxidation sites excluding steroid dienone is 8. The lowest BCUT2D eigenvalue weighted by Gasteiger charge is -2.40. The van der Waals surface area contributed by atoms with E-state index in [4.69, 9.17) is 14.2 Å². The molecular weight excluding hydrogens is 931 g/mol. The number of esters is 1. The van der Waals surface area contributed by atoms with Crippen LogP contribution in [0.3, 0.4) is 0 Å². The maximum absolute atomic E-state index is 13.0. The molecule has 430 valence electrons. The number of hydrogen-bond acceptors (Lipinski definition) is 10. The van der Waals surface area contributed by atoms with Crippen molar-refractivity contribution in [3.8, 4) is 0 Å². The second-order valence-corrected chi connectivity index (χ2v) is 21.0. The molecule has 1 fully saturated rings. The first-order valence-electron chi connectivity index (χ1n) is 30.6. The number of ether oxygens (including phenoxy) is 3. The minimum Gasteiger partial charge on any atom is -0.465 e. The summed E-state index contributed by atoms with van der Waals surface area (Å²) < 4.78 is 16.6. The molecule has 6 N–H and O–H groups in total. The van der Waals surface area contributed by atoms with Crippen LogP contribution in [-0.4, -0.2) is 100 Å². The topological polar surface area (TPSA) is 175 Å². The van der Waals surface area contributed by atoms with Crippen LogP contribution in [0.4, 0.5) is 0 Å². The Labute approximate surface area is 452 Å². The Kier molecular flexibility index (Phi) is 49.1. The lowest BCUT2D eigenvalue weighted by molar-refractivity contribution is -0.302. The van der Waals surface area contributed by atoms with Crippen molar-refractivity contribution in [1.82, 2.24) is 5.32 Å². The highest BCUT2D eigenvalue weighted by molar-refractivity contribution is 5.76. The van der Waals surface area contributed by atoms with Crippen LogP contribution >= 0.6 is 0 Å². The Morgan fingerprint density at radius 1 is 0.500 bits per heavy atom. The molecule has 0 bridgehead atoms. The molecule has 7 atom stereocenters. The van der Waals surface area contributed by atoms with Crippen LogP contribution in [0.5, 0.6) is 0 Å². The molecule has 1 saturated heterocycles. The van der Waals surface area contributed by atoms with Crippen molar-refractivity contribution in [3.05, 3.63) is 60.8 Å². The van der Waals surface area contributed by atoms with Gasteiger partial charge in [0.2, 0.25) is 5.91 Å². The van der Waals surface area contributed by atoms with E-state index >= 15 is 0 Å². The molecule has 1 rings (SSSR count). The maximum Gasteiger partial charge on any atom is 0.305 e. The quantitative estimate of drug-likeness (QED) is 0.0195. The summed E-state index contributed by atoms with van der Waals surface area (Å²) in [6.07, 6.45) is 57.5. The standard InChI is InChI=1S/C63H113NO10/c1-3-5-7-9-11-13-15-26-31-35-39-43-47-51-59(68)72-52-48-44-40-36-32-28-25-23-21-19-17-18-20-22-24-27-30-34-38-42-46-50-58(67)64-55(54-73-63-62(71)61(70)60(69)57(53-65)74-63)56(66)49-45-41-37-33-29-16-14-12-10-8-6-4-2/h7,9,13,15,28,32,40,44-45,49,55-57,60-63,65-66,69-71H,3-6,8,10-12,14,16-27,29-31,33-39,41-43,46-48,50-54H2,1-2H3,(H,64,67)/b9-7-,15-13-,32-28-,44-40-,49-45+. The molecular formula is C63H113NO10. The predicted molar refractivity (Wildman–Crippen MR) is 306 cm³/mol. The number of rotatable bonds is 52. The van der Waals surface area contributed by atoms with E-state index in [1.807, 2.05) is 6.08 Å². The number of carbonyl (C=O) groups is 2. The zero-order valence-corrected chi connectivity index (χ0v) is 47.3. The maximum atomic E-state index is 13.0. The highest BCUT2D eigenvalue weighted by atomic mass is 16.7. The second-order valence-electron chi connectivity index (χ2n) is 21.0. The van der Waals surface area contributed by atoms with Crippen LogP contribution in [0.15, 0.2) is 60.8 Å². The van der Waals surface area contributed by atoms with Crippen LogP contribution < -0.4 is 5.32 Å². The monoisotopic (exact) mass is 1040 g/mol. The molecule has 0 aromatic carbocycles. The molecule has 1 heterocycles. The van der Waals surface area contributed by atoms with E-state index in [0.717, 1.165) is 83.5 Å². The summed E-state index contributed by atoms with van der Waals surface area (Å²) in [6.45, 7) is 4.15. The van der Waals surface area contributed by atoms with Gasteiger partial charge < -0.3 is 45.1 Å². The van der Waals surface area contributed by atoms with E-state index in [2.05, 4.69) is 67.8 Å². The summed E-state index contributed by atoms with van der Waals surface area (Å²) in [5.41, 5.74) is 0. The van der Waals surface area contributed by atoms with Gasteiger partial charge in [0.05, 0.1) is 32.0 Å². The van der Waals surface area contributed by atoms with Gasteiger partial charge in [-0.2, -0.15) is 0 Å². The SMILES string of the molecule is CCC/C=C\C/C=C\CCCCCCCC(=O)OCC/C=C\C/C=C\CCCCCCCCCCCCCCCCC(=O)NC(COC1OC(CO)C(O)C(O)C1O)C(O)/C=C/CCCCCCCCCCCC. The van der Waals surface area contributed by atoms with Crippen molar-refractivity contribution in [3.63, 3.8) is 0 Å². The number of hydrogen-bond donors (Lipinski definition) is 6. The van der Waals surface area contributed by atoms with Gasteiger partial charge in [-0.15, -0.1) is 0 Å². The Morgan fingerprint density at radius 2 is 0.932 bits per heavy atom. The van der Waals surface area contributed by atoms with Gasteiger partial charge >= 0.3 is 5.97 Å². The third kappa shape index (κ3) is 41.5. The Bertz CT molecular complexity index is 1410. The van der Waals surface area contributed by atoms with E-state index < -0.39 is 49.5 Å². The molecule has 1 aliphatic rings. The summed E-state index contributed by atoms with van der Waals surface area (Å²) in [5, 5.41) is 54.4. The number of carbonyl (C=O) groups excluding carboxylic acids is 2. The molecule has 74 heavy (non-hydrogen) atoms. The van der Waals surface area contributed by atoms with E-state index in [9.17, 15) is 35.1 Å². The van der Waals surface area contributed by atoms with Crippen LogP contribution in [0.2, 0.25) is 0 Å². The number of nitrogens with one attached hydrogen (secondary N) is 1. The molecule has 11 heteroatoms. The first kappa shape index (κ1) is 69.4. The number of unbranched alkanes of at least 4 members (excludes halogenated alkanes) is 30. The van der Waals surface area contributed by atoms with E-state index in [0.29, 0.717) is 19.4 Å². The Balaban J connectivity index is 2.08. The van der Waals surface area contributed by atoms with Gasteiger partial charge in [-0.25, -0.2) is 0 Å². The van der Waals surface area contributed by atoms with Gasteiger partial charge in [0.15, 0.2) is 6.29 Å². The molecule has 7 unspecified atom stereocenters. The van der Waals surface area contributed by atoms with Crippen molar-refractivity contribution in [2.45, 2.75) is 307 Å². The number of aliphatic hydroxyl groups excluding tert-OH is 5. The lowest BCUT2D eigenvalue weighted by Crippen LogP contribution is -2.60. The lowest BCUT2D eigenvalue weighted by atomic mass is 9.99. The molecule has 1 amide bonds. The smallest absolute Gasteiger partial charge is 0.305 e. The van der Waals surface area contributed by atoms with Gasteiger partial charge in [0, 0.05) is 12.8 Å². The van der Waals surface area contributed by atoms with Gasteiger partial charge in [-0.05, 0) is 77.0 Å². The molecule has 0 aromatic heterocycles.